The molecule has 10 nitrogen and oxygen atoms in total. The van der Waals surface area contributed by atoms with Gasteiger partial charge in [0.05, 0.1) is 22.5 Å². The molecule has 0 spiro atoms. The van der Waals surface area contributed by atoms with E-state index in [0.29, 0.717) is 23.6 Å². The van der Waals surface area contributed by atoms with Gasteiger partial charge in [0.25, 0.3) is 15.9 Å². The van der Waals surface area contributed by atoms with Crippen molar-refractivity contribution in [1.29, 1.82) is 0 Å². The van der Waals surface area contributed by atoms with E-state index in [9.17, 15) is 22.8 Å². The minimum atomic E-state index is -3.91. The molecule has 0 atom stereocenters. The Morgan fingerprint density at radius 2 is 1.74 bits per heavy atom. The topological polar surface area (TPSA) is 150 Å². The van der Waals surface area contributed by atoms with Crippen molar-refractivity contribution in [3.05, 3.63) is 58.5 Å². The summed E-state index contributed by atoms with van der Waals surface area (Å²) in [5.41, 5.74) is 0.959. The molecule has 1 heterocycles. The van der Waals surface area contributed by atoms with E-state index in [1.807, 2.05) is 0 Å². The molecule has 2 aromatic carbocycles. The van der Waals surface area contributed by atoms with Gasteiger partial charge in [-0.1, -0.05) is 0 Å². The lowest BCUT2D eigenvalue weighted by atomic mass is 10.2. The number of nitrogens with one attached hydrogen (secondary N) is 4. The first kappa shape index (κ1) is 20.7. The highest BCUT2D eigenvalue weighted by Crippen LogP contribution is 2.28. The fourth-order valence-electron chi connectivity index (χ4n) is 2.88. The number of hydrogen-bond donors (Lipinski definition) is 4. The Labute approximate surface area is 177 Å². The Morgan fingerprint density at radius 1 is 1.03 bits per heavy atom. The largest absolute Gasteiger partial charge is 0.464 e. The lowest BCUT2D eigenvalue weighted by Crippen LogP contribution is -2.30. The molecule has 1 aliphatic carbocycles. The second-order valence-electron chi connectivity index (χ2n) is 7.28. The molecule has 0 radical (unpaired) electrons. The van der Waals surface area contributed by atoms with E-state index in [4.69, 9.17) is 4.74 Å². The molecular weight excluding hydrogens is 424 g/mol. The second-order valence-corrected chi connectivity index (χ2v) is 8.96. The minimum absolute atomic E-state index is 0.0261. The summed E-state index contributed by atoms with van der Waals surface area (Å²) in [5, 5.41) is 2.47. The summed E-state index contributed by atoms with van der Waals surface area (Å²) in [5.74, 6) is -0.520. The number of sulfonamides is 1. The molecule has 1 fully saturated rings. The number of hydrogen-bond acceptors (Lipinski definition) is 6. The number of carbonyl (C=O) groups is 2. The zero-order valence-electron chi connectivity index (χ0n) is 16.3. The van der Waals surface area contributed by atoms with Crippen LogP contribution < -0.4 is 15.7 Å². The molecule has 0 aliphatic heterocycles. The number of amides is 1. The average molecular weight is 444 g/mol. The van der Waals surface area contributed by atoms with Crippen molar-refractivity contribution < 1.29 is 22.7 Å². The lowest BCUT2D eigenvalue weighted by molar-refractivity contribution is -0.142. The van der Waals surface area contributed by atoms with Crippen molar-refractivity contribution in [2.75, 3.05) is 17.9 Å². The number of rotatable bonds is 8. The van der Waals surface area contributed by atoms with Crippen LogP contribution in [0, 0.1) is 5.92 Å². The van der Waals surface area contributed by atoms with Crippen LogP contribution in [0.25, 0.3) is 11.0 Å². The molecule has 4 rings (SSSR count). The third-order valence-electron chi connectivity index (χ3n) is 4.77. The number of benzene rings is 2. The summed E-state index contributed by atoms with van der Waals surface area (Å²) in [6.07, 6.45) is 2.13. The van der Waals surface area contributed by atoms with Gasteiger partial charge in [-0.2, -0.15) is 0 Å². The van der Waals surface area contributed by atoms with Crippen LogP contribution in [0.2, 0.25) is 0 Å². The summed E-state index contributed by atoms with van der Waals surface area (Å²) in [6, 6.07) is 9.97. The average Bonchev–Trinajstić information content (AvgIpc) is 3.49. The predicted molar refractivity (Wildman–Crippen MR) is 112 cm³/mol. The van der Waals surface area contributed by atoms with Crippen LogP contribution in [0.15, 0.2) is 52.2 Å². The number of esters is 1. The van der Waals surface area contributed by atoms with Crippen molar-refractivity contribution in [1.82, 2.24) is 15.3 Å². The third kappa shape index (κ3) is 5.12. The summed E-state index contributed by atoms with van der Waals surface area (Å²) in [4.78, 5) is 40.1. The summed E-state index contributed by atoms with van der Waals surface area (Å²) >= 11 is 0. The molecule has 1 aliphatic rings. The quantitative estimate of drug-likeness (QED) is 0.385. The van der Waals surface area contributed by atoms with Gasteiger partial charge in [0.15, 0.2) is 0 Å². The van der Waals surface area contributed by atoms with E-state index in [1.54, 1.807) is 0 Å². The molecule has 31 heavy (non-hydrogen) atoms. The van der Waals surface area contributed by atoms with Gasteiger partial charge in [-0.05, 0) is 61.2 Å². The molecule has 0 unspecified atom stereocenters. The Hall–Kier alpha value is -3.60. The Kier molecular flexibility index (Phi) is 5.51. The number of anilines is 1. The molecule has 1 aromatic heterocycles. The highest BCUT2D eigenvalue weighted by molar-refractivity contribution is 7.92. The van der Waals surface area contributed by atoms with Crippen molar-refractivity contribution in [3.8, 4) is 0 Å². The van der Waals surface area contributed by atoms with Gasteiger partial charge < -0.3 is 20.0 Å². The first-order valence-electron chi connectivity index (χ1n) is 9.59. The highest BCUT2D eigenvalue weighted by Gasteiger charge is 2.23. The fourth-order valence-corrected chi connectivity index (χ4v) is 3.97. The van der Waals surface area contributed by atoms with Crippen molar-refractivity contribution in [2.45, 2.75) is 17.7 Å². The first-order chi connectivity index (χ1) is 14.8. The van der Waals surface area contributed by atoms with E-state index in [1.165, 1.54) is 42.5 Å². The van der Waals surface area contributed by atoms with Gasteiger partial charge in [-0.3, -0.25) is 14.3 Å². The van der Waals surface area contributed by atoms with Gasteiger partial charge in [0.2, 0.25) is 0 Å². The van der Waals surface area contributed by atoms with Crippen LogP contribution in [0.1, 0.15) is 23.2 Å². The van der Waals surface area contributed by atoms with Gasteiger partial charge >= 0.3 is 11.7 Å². The standard InChI is InChI=1S/C20H20N4O6S/c25-18(30-11-12-1-2-12)10-21-19(26)13-3-5-14(6-4-13)24-31(28,29)15-7-8-16-17(9-15)23-20(27)22-16/h3-9,12,24H,1-2,10-11H2,(H,21,26)(H2,22,23,27). The minimum Gasteiger partial charge on any atom is -0.464 e. The molecule has 162 valence electrons. The smallest absolute Gasteiger partial charge is 0.325 e. The zero-order chi connectivity index (χ0) is 22.0. The molecule has 1 saturated carbocycles. The zero-order valence-corrected chi connectivity index (χ0v) is 17.1. The van der Waals surface area contributed by atoms with Crippen molar-refractivity contribution in [3.63, 3.8) is 0 Å². The molecule has 1 amide bonds. The number of H-pyrrole nitrogens is 2. The molecule has 0 saturated heterocycles. The summed E-state index contributed by atoms with van der Waals surface area (Å²) < 4.78 is 32.7. The van der Waals surface area contributed by atoms with Crippen LogP contribution in [0.3, 0.4) is 0 Å². The highest BCUT2D eigenvalue weighted by atomic mass is 32.2. The number of ether oxygens (including phenoxy) is 1. The van der Waals surface area contributed by atoms with Crippen LogP contribution in [0.5, 0.6) is 0 Å². The number of carbonyl (C=O) groups excluding carboxylic acids is 2. The molecule has 4 N–H and O–H groups in total. The Morgan fingerprint density at radius 3 is 2.45 bits per heavy atom. The normalized spacial score (nSPS) is 13.7. The maximum absolute atomic E-state index is 12.6. The molecular formula is C20H20N4O6S. The maximum atomic E-state index is 12.6. The van der Waals surface area contributed by atoms with E-state index in [2.05, 4.69) is 20.0 Å². The third-order valence-corrected chi connectivity index (χ3v) is 6.15. The van der Waals surface area contributed by atoms with Gasteiger partial charge in [0, 0.05) is 11.3 Å². The second kappa shape index (κ2) is 8.26. The number of imidazole rings is 1. The van der Waals surface area contributed by atoms with E-state index >= 15 is 0 Å². The van der Waals surface area contributed by atoms with Crippen LogP contribution in [-0.2, 0) is 19.6 Å². The van der Waals surface area contributed by atoms with E-state index in [-0.39, 0.29) is 22.7 Å². The van der Waals surface area contributed by atoms with E-state index in [0.717, 1.165) is 12.8 Å². The van der Waals surface area contributed by atoms with Crippen LogP contribution >= 0.6 is 0 Å². The number of fused-ring (bicyclic) bond motifs is 1. The number of aromatic nitrogens is 2. The van der Waals surface area contributed by atoms with Crippen LogP contribution in [-0.4, -0.2) is 43.4 Å². The Balaban J connectivity index is 1.36. The molecule has 3 aromatic rings. The number of aromatic amines is 2. The van der Waals surface area contributed by atoms with Crippen molar-refractivity contribution in [2.24, 2.45) is 5.92 Å². The predicted octanol–water partition coefficient (Wildman–Crippen LogP) is 1.34. The first-order valence-corrected chi connectivity index (χ1v) is 11.1. The Bertz CT molecular complexity index is 1290. The SMILES string of the molecule is O=C(CNC(=O)c1ccc(NS(=O)(=O)c2ccc3[nH]c(=O)[nH]c3c2)cc1)OCC1CC1. The van der Waals surface area contributed by atoms with Gasteiger partial charge in [0.1, 0.15) is 6.54 Å². The van der Waals surface area contributed by atoms with Crippen LogP contribution in [0.4, 0.5) is 5.69 Å². The summed E-state index contributed by atoms with van der Waals surface area (Å²) in [7, 11) is -3.91. The lowest BCUT2D eigenvalue weighted by Gasteiger charge is -2.09. The van der Waals surface area contributed by atoms with Gasteiger partial charge in [-0.25, -0.2) is 13.2 Å². The van der Waals surface area contributed by atoms with Gasteiger partial charge in [-0.15, -0.1) is 0 Å². The summed E-state index contributed by atoms with van der Waals surface area (Å²) in [6.45, 7) is 0.153. The fraction of sp³-hybridized carbons (Fsp3) is 0.250. The monoisotopic (exact) mass is 444 g/mol. The molecule has 0 bridgehead atoms. The molecule has 11 heteroatoms. The van der Waals surface area contributed by atoms with Crippen molar-refractivity contribution >= 4 is 38.6 Å². The van der Waals surface area contributed by atoms with E-state index < -0.39 is 27.6 Å². The maximum Gasteiger partial charge on any atom is 0.325 e.